The van der Waals surface area contributed by atoms with Crippen LogP contribution in [0, 0.1) is 5.92 Å². The molecule has 0 fully saturated rings. The average Bonchev–Trinajstić information content (AvgIpc) is 2.46. The Balaban J connectivity index is 2.81. The lowest BCUT2D eigenvalue weighted by atomic mass is 10.0. The summed E-state index contributed by atoms with van der Waals surface area (Å²) in [5.41, 5.74) is 0.229. The fraction of sp³-hybridized carbons (Fsp3) is 0.467. The number of hydrogen-bond donors (Lipinski definition) is 2. The van der Waals surface area contributed by atoms with E-state index in [1.165, 1.54) is 24.3 Å². The SMILES string of the molecule is CC(C)C[C@H](NC(=O)c1ccc(CS(=O)(=O)C(F)F)cc1)C(=O)O. The normalized spacial score (nSPS) is 13.1. The minimum absolute atomic E-state index is 0.0633. The van der Waals surface area contributed by atoms with Crippen LogP contribution in [0.3, 0.4) is 0 Å². The lowest BCUT2D eigenvalue weighted by Crippen LogP contribution is -2.41. The van der Waals surface area contributed by atoms with Crippen LogP contribution in [0.15, 0.2) is 24.3 Å². The summed E-state index contributed by atoms with van der Waals surface area (Å²) < 4.78 is 46.9. The van der Waals surface area contributed by atoms with E-state index in [4.69, 9.17) is 5.11 Å². The quantitative estimate of drug-likeness (QED) is 0.736. The molecule has 1 amide bonds. The van der Waals surface area contributed by atoms with Gasteiger partial charge in [0.05, 0.1) is 5.75 Å². The summed E-state index contributed by atoms with van der Waals surface area (Å²) in [6, 6.07) is 3.97. The highest BCUT2D eigenvalue weighted by Crippen LogP contribution is 2.14. The summed E-state index contributed by atoms with van der Waals surface area (Å²) in [6.45, 7) is 3.64. The monoisotopic (exact) mass is 363 g/mol. The molecule has 9 heteroatoms. The molecule has 0 saturated heterocycles. The van der Waals surface area contributed by atoms with Crippen LogP contribution in [0.4, 0.5) is 8.78 Å². The van der Waals surface area contributed by atoms with Gasteiger partial charge in [0, 0.05) is 5.56 Å². The summed E-state index contributed by atoms with van der Waals surface area (Å²) in [5.74, 6) is -6.03. The minimum Gasteiger partial charge on any atom is -0.480 e. The van der Waals surface area contributed by atoms with E-state index in [0.717, 1.165) is 0 Å². The molecule has 134 valence electrons. The highest BCUT2D eigenvalue weighted by molar-refractivity contribution is 7.90. The van der Waals surface area contributed by atoms with Crippen LogP contribution in [0.2, 0.25) is 0 Å². The van der Waals surface area contributed by atoms with Crippen LogP contribution >= 0.6 is 0 Å². The van der Waals surface area contributed by atoms with Crippen molar-refractivity contribution in [2.45, 2.75) is 37.8 Å². The molecule has 1 rings (SSSR count). The van der Waals surface area contributed by atoms with Crippen molar-refractivity contribution in [3.63, 3.8) is 0 Å². The van der Waals surface area contributed by atoms with Gasteiger partial charge >= 0.3 is 11.7 Å². The van der Waals surface area contributed by atoms with Gasteiger partial charge in [-0.25, -0.2) is 13.2 Å². The van der Waals surface area contributed by atoms with Crippen LogP contribution < -0.4 is 5.32 Å². The summed E-state index contributed by atoms with van der Waals surface area (Å²) in [7, 11) is -4.54. The lowest BCUT2D eigenvalue weighted by Gasteiger charge is -2.16. The number of halogens is 2. The number of carbonyl (C=O) groups excluding carboxylic acids is 1. The third-order valence-electron chi connectivity index (χ3n) is 3.17. The Labute approximate surface area is 138 Å². The van der Waals surface area contributed by atoms with E-state index in [-0.39, 0.29) is 23.5 Å². The molecule has 2 N–H and O–H groups in total. The van der Waals surface area contributed by atoms with Gasteiger partial charge in [-0.2, -0.15) is 8.78 Å². The second kappa shape index (κ2) is 8.18. The molecule has 1 aromatic carbocycles. The van der Waals surface area contributed by atoms with E-state index in [2.05, 4.69) is 5.32 Å². The number of aliphatic carboxylic acids is 1. The zero-order valence-corrected chi connectivity index (χ0v) is 14.0. The van der Waals surface area contributed by atoms with Gasteiger partial charge in [-0.3, -0.25) is 4.79 Å². The summed E-state index contributed by atoms with van der Waals surface area (Å²) >= 11 is 0. The number of carboxylic acids is 1. The first kappa shape index (κ1) is 20.0. The maximum Gasteiger partial charge on any atom is 0.337 e. The molecule has 0 aliphatic carbocycles. The van der Waals surface area contributed by atoms with Crippen LogP contribution in [0.5, 0.6) is 0 Å². The zero-order valence-electron chi connectivity index (χ0n) is 13.2. The van der Waals surface area contributed by atoms with E-state index < -0.39 is 39.3 Å². The lowest BCUT2D eigenvalue weighted by molar-refractivity contribution is -0.139. The van der Waals surface area contributed by atoms with E-state index in [1.807, 2.05) is 13.8 Å². The predicted molar refractivity (Wildman–Crippen MR) is 83.4 cm³/mol. The van der Waals surface area contributed by atoms with Gasteiger partial charge in [0.1, 0.15) is 6.04 Å². The zero-order chi connectivity index (χ0) is 18.5. The van der Waals surface area contributed by atoms with Gasteiger partial charge < -0.3 is 10.4 Å². The fourth-order valence-corrected chi connectivity index (χ4v) is 2.77. The molecule has 0 saturated carbocycles. The van der Waals surface area contributed by atoms with Crippen molar-refractivity contribution in [3.05, 3.63) is 35.4 Å². The van der Waals surface area contributed by atoms with Gasteiger partial charge in [0.25, 0.3) is 5.91 Å². The highest BCUT2D eigenvalue weighted by Gasteiger charge is 2.25. The number of rotatable bonds is 8. The largest absolute Gasteiger partial charge is 0.480 e. The molecule has 6 nitrogen and oxygen atoms in total. The minimum atomic E-state index is -4.54. The Morgan fingerprint density at radius 1 is 1.17 bits per heavy atom. The smallest absolute Gasteiger partial charge is 0.337 e. The Bertz CT molecular complexity index is 686. The maximum atomic E-state index is 12.3. The molecule has 0 aliphatic heterocycles. The number of benzene rings is 1. The number of nitrogens with one attached hydrogen (secondary N) is 1. The first-order valence-electron chi connectivity index (χ1n) is 7.15. The number of amides is 1. The van der Waals surface area contributed by atoms with Crippen LogP contribution in [-0.4, -0.2) is 37.2 Å². The topological polar surface area (TPSA) is 101 Å². The van der Waals surface area contributed by atoms with Gasteiger partial charge in [-0.05, 0) is 30.0 Å². The van der Waals surface area contributed by atoms with Crippen LogP contribution in [-0.2, 0) is 20.4 Å². The molecule has 1 atom stereocenters. The molecule has 24 heavy (non-hydrogen) atoms. The maximum absolute atomic E-state index is 12.3. The summed E-state index contributed by atoms with van der Waals surface area (Å²) in [4.78, 5) is 23.2. The average molecular weight is 363 g/mol. The Kier molecular flexibility index (Phi) is 6.82. The van der Waals surface area contributed by atoms with E-state index in [1.54, 1.807) is 0 Å². The second-order valence-electron chi connectivity index (χ2n) is 5.76. The molecular formula is C15H19F2NO5S. The van der Waals surface area contributed by atoms with E-state index in [9.17, 15) is 26.8 Å². The predicted octanol–water partition coefficient (Wildman–Crippen LogP) is 2.05. The number of carbonyl (C=O) groups is 2. The highest BCUT2D eigenvalue weighted by atomic mass is 32.2. The van der Waals surface area contributed by atoms with E-state index in [0.29, 0.717) is 0 Å². The van der Waals surface area contributed by atoms with Gasteiger partial charge in [0.2, 0.25) is 9.84 Å². The molecule has 0 heterocycles. The van der Waals surface area contributed by atoms with Crippen LogP contribution in [0.25, 0.3) is 0 Å². The molecule has 0 spiro atoms. The first-order valence-corrected chi connectivity index (χ1v) is 8.86. The fourth-order valence-electron chi connectivity index (χ4n) is 1.98. The van der Waals surface area contributed by atoms with Crippen molar-refractivity contribution in [1.29, 1.82) is 0 Å². The van der Waals surface area contributed by atoms with E-state index >= 15 is 0 Å². The third kappa shape index (κ3) is 5.88. The van der Waals surface area contributed by atoms with Crippen molar-refractivity contribution in [2.75, 3.05) is 0 Å². The standard InChI is InChI=1S/C15H19F2NO5S/c1-9(2)7-12(14(20)21)18-13(19)11-5-3-10(4-6-11)8-24(22,23)15(16)17/h3-6,9,12,15H,7-8H2,1-2H3,(H,18,19)(H,20,21)/t12-/m0/s1. The second-order valence-corrected chi connectivity index (χ2v) is 7.73. The Morgan fingerprint density at radius 3 is 2.12 bits per heavy atom. The van der Waals surface area contributed by atoms with Crippen molar-refractivity contribution < 1.29 is 31.9 Å². The summed E-state index contributed by atoms with van der Waals surface area (Å²) in [5, 5.41) is 11.5. The Morgan fingerprint density at radius 2 is 1.71 bits per heavy atom. The number of sulfone groups is 1. The van der Waals surface area contributed by atoms with Crippen molar-refractivity contribution in [3.8, 4) is 0 Å². The molecule has 0 aliphatic rings. The van der Waals surface area contributed by atoms with Crippen LogP contribution in [0.1, 0.15) is 36.2 Å². The summed E-state index contributed by atoms with van der Waals surface area (Å²) in [6.07, 6.45) is 0.256. The molecule has 1 aromatic rings. The number of hydrogen-bond acceptors (Lipinski definition) is 4. The Hall–Kier alpha value is -2.03. The number of carboxylic acid groups (broad SMARTS) is 1. The molecule has 0 unspecified atom stereocenters. The third-order valence-corrected chi connectivity index (χ3v) is 4.44. The number of alkyl halides is 2. The van der Waals surface area contributed by atoms with Gasteiger partial charge in [0.15, 0.2) is 0 Å². The molecular weight excluding hydrogens is 344 g/mol. The van der Waals surface area contributed by atoms with Gasteiger partial charge in [-0.15, -0.1) is 0 Å². The van der Waals surface area contributed by atoms with Gasteiger partial charge in [-0.1, -0.05) is 26.0 Å². The molecule has 0 aromatic heterocycles. The molecule has 0 bridgehead atoms. The molecule has 0 radical (unpaired) electrons. The van der Waals surface area contributed by atoms with Crippen molar-refractivity contribution in [1.82, 2.24) is 5.32 Å². The van der Waals surface area contributed by atoms with Crippen molar-refractivity contribution >= 4 is 21.7 Å². The first-order chi connectivity index (χ1) is 11.0. The van der Waals surface area contributed by atoms with Crippen molar-refractivity contribution in [2.24, 2.45) is 5.92 Å².